The molecule has 1 aliphatic heterocycles. The van der Waals surface area contributed by atoms with Crippen LogP contribution < -0.4 is 0 Å². The standard InChI is InChI=1S/C16H22N2O2/c1-12-5-4-6-13(2)18(12)17-11-14-7-9-15(10-8-14)16(19)20-3/h7-13H,4-6H2,1-3H3/b17-11+. The van der Waals surface area contributed by atoms with E-state index in [0.717, 1.165) is 5.56 Å². The number of benzene rings is 1. The summed E-state index contributed by atoms with van der Waals surface area (Å²) in [7, 11) is 1.39. The van der Waals surface area contributed by atoms with Crippen LogP contribution in [0, 0.1) is 0 Å². The number of hydrogen-bond donors (Lipinski definition) is 0. The minimum atomic E-state index is -0.313. The zero-order valence-electron chi connectivity index (χ0n) is 12.4. The maximum Gasteiger partial charge on any atom is 0.337 e. The molecule has 20 heavy (non-hydrogen) atoms. The molecule has 2 atom stereocenters. The van der Waals surface area contributed by atoms with Crippen molar-refractivity contribution in [2.24, 2.45) is 5.10 Å². The number of ether oxygens (including phenoxy) is 1. The average molecular weight is 274 g/mol. The van der Waals surface area contributed by atoms with Crippen LogP contribution in [-0.4, -0.2) is 36.4 Å². The molecule has 0 spiro atoms. The van der Waals surface area contributed by atoms with Crippen LogP contribution in [0.3, 0.4) is 0 Å². The highest BCUT2D eigenvalue weighted by molar-refractivity contribution is 5.90. The quantitative estimate of drug-likeness (QED) is 0.628. The molecule has 0 aromatic heterocycles. The summed E-state index contributed by atoms with van der Waals surface area (Å²) in [6.45, 7) is 4.43. The molecule has 0 radical (unpaired) electrons. The molecule has 0 bridgehead atoms. The maximum absolute atomic E-state index is 11.4. The molecular formula is C16H22N2O2. The number of hydrogen-bond acceptors (Lipinski definition) is 4. The Labute approximate surface area is 120 Å². The summed E-state index contributed by atoms with van der Waals surface area (Å²) in [5, 5.41) is 6.78. The van der Waals surface area contributed by atoms with Crippen molar-refractivity contribution in [3.8, 4) is 0 Å². The van der Waals surface area contributed by atoms with Crippen molar-refractivity contribution in [1.82, 2.24) is 5.01 Å². The number of esters is 1. The van der Waals surface area contributed by atoms with E-state index in [0.29, 0.717) is 17.6 Å². The molecular weight excluding hydrogens is 252 g/mol. The molecule has 0 saturated carbocycles. The number of methoxy groups -OCH3 is 1. The van der Waals surface area contributed by atoms with Gasteiger partial charge in [0, 0.05) is 12.1 Å². The molecule has 1 saturated heterocycles. The van der Waals surface area contributed by atoms with Crippen LogP contribution >= 0.6 is 0 Å². The molecule has 1 fully saturated rings. The third kappa shape index (κ3) is 3.38. The molecule has 108 valence electrons. The van der Waals surface area contributed by atoms with Gasteiger partial charge >= 0.3 is 5.97 Å². The summed E-state index contributed by atoms with van der Waals surface area (Å²) in [6.07, 6.45) is 5.54. The van der Waals surface area contributed by atoms with Gasteiger partial charge in [0.25, 0.3) is 0 Å². The highest BCUT2D eigenvalue weighted by atomic mass is 16.5. The van der Waals surface area contributed by atoms with Crippen LogP contribution in [0.2, 0.25) is 0 Å². The Morgan fingerprint density at radius 3 is 2.40 bits per heavy atom. The second-order valence-corrected chi connectivity index (χ2v) is 5.37. The Kier molecular flexibility index (Phi) is 4.77. The van der Waals surface area contributed by atoms with E-state index < -0.39 is 0 Å². The number of piperidine rings is 1. The SMILES string of the molecule is COC(=O)c1ccc(/C=N/N2C(C)CCCC2C)cc1. The Balaban J connectivity index is 2.05. The summed E-state index contributed by atoms with van der Waals surface area (Å²) in [5.41, 5.74) is 1.55. The zero-order valence-corrected chi connectivity index (χ0v) is 12.4. The van der Waals surface area contributed by atoms with Gasteiger partial charge in [-0.2, -0.15) is 5.10 Å². The molecule has 2 unspecified atom stereocenters. The fourth-order valence-electron chi connectivity index (χ4n) is 2.59. The van der Waals surface area contributed by atoms with Crippen molar-refractivity contribution in [1.29, 1.82) is 0 Å². The normalized spacial score (nSPS) is 23.1. The van der Waals surface area contributed by atoms with Gasteiger partial charge in [0.15, 0.2) is 0 Å². The molecule has 2 rings (SSSR count). The Bertz CT molecular complexity index is 472. The lowest BCUT2D eigenvalue weighted by Gasteiger charge is -2.36. The average Bonchev–Trinajstić information content (AvgIpc) is 2.46. The van der Waals surface area contributed by atoms with Crippen LogP contribution in [0.1, 0.15) is 49.0 Å². The van der Waals surface area contributed by atoms with Gasteiger partial charge in [-0.25, -0.2) is 4.79 Å². The summed E-state index contributed by atoms with van der Waals surface area (Å²) >= 11 is 0. The maximum atomic E-state index is 11.4. The highest BCUT2D eigenvalue weighted by Gasteiger charge is 2.22. The lowest BCUT2D eigenvalue weighted by atomic mass is 10.00. The topological polar surface area (TPSA) is 41.9 Å². The molecule has 0 amide bonds. The van der Waals surface area contributed by atoms with E-state index in [1.165, 1.54) is 26.4 Å². The van der Waals surface area contributed by atoms with Crippen LogP contribution in [0.4, 0.5) is 0 Å². The van der Waals surface area contributed by atoms with E-state index in [4.69, 9.17) is 0 Å². The van der Waals surface area contributed by atoms with Crippen molar-refractivity contribution in [2.75, 3.05) is 7.11 Å². The number of nitrogens with zero attached hydrogens (tertiary/aromatic N) is 2. The summed E-state index contributed by atoms with van der Waals surface area (Å²) in [5.74, 6) is -0.313. The van der Waals surface area contributed by atoms with Crippen molar-refractivity contribution in [3.63, 3.8) is 0 Å². The van der Waals surface area contributed by atoms with Gasteiger partial charge in [0.1, 0.15) is 0 Å². The number of rotatable bonds is 3. The van der Waals surface area contributed by atoms with E-state index in [-0.39, 0.29) is 5.97 Å². The van der Waals surface area contributed by atoms with Crippen molar-refractivity contribution < 1.29 is 9.53 Å². The first-order valence-corrected chi connectivity index (χ1v) is 7.12. The van der Waals surface area contributed by atoms with E-state index in [9.17, 15) is 4.79 Å². The Morgan fingerprint density at radius 2 is 1.85 bits per heavy atom. The largest absolute Gasteiger partial charge is 0.465 e. The first kappa shape index (κ1) is 14.6. The van der Waals surface area contributed by atoms with Gasteiger partial charge in [-0.3, -0.25) is 5.01 Å². The Morgan fingerprint density at radius 1 is 1.25 bits per heavy atom. The van der Waals surface area contributed by atoms with Crippen molar-refractivity contribution >= 4 is 12.2 Å². The van der Waals surface area contributed by atoms with Gasteiger partial charge in [-0.15, -0.1) is 0 Å². The Hall–Kier alpha value is -1.84. The number of hydrazone groups is 1. The van der Waals surface area contributed by atoms with Gasteiger partial charge in [0.05, 0.1) is 18.9 Å². The third-order valence-electron chi connectivity index (χ3n) is 3.82. The first-order chi connectivity index (χ1) is 9.61. The number of carbonyl (C=O) groups excluding carboxylic acids is 1. The smallest absolute Gasteiger partial charge is 0.337 e. The van der Waals surface area contributed by atoms with Crippen molar-refractivity contribution in [3.05, 3.63) is 35.4 Å². The van der Waals surface area contributed by atoms with Gasteiger partial charge in [0.2, 0.25) is 0 Å². The number of carbonyl (C=O) groups is 1. The van der Waals surface area contributed by atoms with Gasteiger partial charge in [-0.05, 0) is 50.8 Å². The van der Waals surface area contributed by atoms with E-state index >= 15 is 0 Å². The molecule has 0 N–H and O–H groups in total. The monoisotopic (exact) mass is 274 g/mol. The molecule has 4 nitrogen and oxygen atoms in total. The highest BCUT2D eigenvalue weighted by Crippen LogP contribution is 2.22. The fourth-order valence-corrected chi connectivity index (χ4v) is 2.59. The van der Waals surface area contributed by atoms with Crippen LogP contribution in [0.5, 0.6) is 0 Å². The molecule has 1 aromatic carbocycles. The van der Waals surface area contributed by atoms with Crippen LogP contribution in [0.15, 0.2) is 29.4 Å². The van der Waals surface area contributed by atoms with Gasteiger partial charge < -0.3 is 4.74 Å². The van der Waals surface area contributed by atoms with Gasteiger partial charge in [-0.1, -0.05) is 12.1 Å². The van der Waals surface area contributed by atoms with E-state index in [1.54, 1.807) is 12.1 Å². The zero-order chi connectivity index (χ0) is 14.5. The second kappa shape index (κ2) is 6.55. The molecule has 1 aromatic rings. The van der Waals surface area contributed by atoms with Crippen LogP contribution in [-0.2, 0) is 4.74 Å². The predicted octanol–water partition coefficient (Wildman–Crippen LogP) is 3.07. The summed E-state index contributed by atoms with van der Waals surface area (Å²) < 4.78 is 4.68. The minimum absolute atomic E-state index is 0.313. The van der Waals surface area contributed by atoms with Crippen molar-refractivity contribution in [2.45, 2.75) is 45.2 Å². The summed E-state index contributed by atoms with van der Waals surface area (Å²) in [6, 6.07) is 8.27. The fraction of sp³-hybridized carbons (Fsp3) is 0.500. The lowest BCUT2D eigenvalue weighted by Crippen LogP contribution is -2.39. The summed E-state index contributed by atoms with van der Waals surface area (Å²) in [4.78, 5) is 11.4. The molecule has 1 heterocycles. The first-order valence-electron chi connectivity index (χ1n) is 7.12. The molecule has 4 heteroatoms. The predicted molar refractivity (Wildman–Crippen MR) is 80.0 cm³/mol. The second-order valence-electron chi connectivity index (χ2n) is 5.37. The third-order valence-corrected chi connectivity index (χ3v) is 3.82. The van der Waals surface area contributed by atoms with E-state index in [1.807, 2.05) is 18.3 Å². The minimum Gasteiger partial charge on any atom is -0.465 e. The lowest BCUT2D eigenvalue weighted by molar-refractivity contribution is 0.0600. The van der Waals surface area contributed by atoms with E-state index in [2.05, 4.69) is 28.7 Å². The molecule has 1 aliphatic rings. The van der Waals surface area contributed by atoms with Crippen LogP contribution in [0.25, 0.3) is 0 Å². The molecule has 0 aliphatic carbocycles.